The number of ketones is 1. The maximum atomic E-state index is 10.8. The molecule has 0 saturated heterocycles. The first-order chi connectivity index (χ1) is 5.29. The van der Waals surface area contributed by atoms with Crippen molar-refractivity contribution in [2.75, 3.05) is 0 Å². The third-order valence-electron chi connectivity index (χ3n) is 1.91. The predicted molar refractivity (Wildman–Crippen MR) is 43.8 cm³/mol. The molecule has 0 spiro atoms. The maximum absolute atomic E-state index is 10.8. The van der Waals surface area contributed by atoms with Crippen molar-refractivity contribution >= 4 is 17.4 Å². The lowest BCUT2D eigenvalue weighted by molar-refractivity contribution is -0.110. The number of benzene rings is 1. The Morgan fingerprint density at radius 1 is 1.36 bits per heavy atom. The molecule has 56 valence electrons. The molecule has 1 aromatic carbocycles. The van der Waals surface area contributed by atoms with Gasteiger partial charge in [0, 0.05) is 11.4 Å². The molecule has 1 aliphatic carbocycles. The smallest absolute Gasteiger partial charge is 0.141 e. The van der Waals surface area contributed by atoms with Gasteiger partial charge in [-0.15, -0.1) is 0 Å². The van der Waals surface area contributed by atoms with Crippen molar-refractivity contribution in [2.24, 2.45) is 0 Å². The van der Waals surface area contributed by atoms with Crippen molar-refractivity contribution in [3.63, 3.8) is 0 Å². The molecule has 1 atom stereocenters. The number of carbonyl (C=O) groups excluding carboxylic acids is 1. The summed E-state index contributed by atoms with van der Waals surface area (Å²) in [5.41, 5.74) is 0.985. The monoisotopic (exact) mass is 166 g/mol. The minimum Gasteiger partial charge on any atom is -0.299 e. The zero-order valence-electron chi connectivity index (χ0n) is 5.88. The lowest BCUT2D eigenvalue weighted by Gasteiger charge is -1.97. The normalized spacial score (nSPS) is 21.9. The van der Waals surface area contributed by atoms with Crippen molar-refractivity contribution < 1.29 is 4.79 Å². The number of halogens is 1. The molecule has 2 rings (SSSR count). The molecule has 1 nitrogen and oxygen atoms in total. The van der Waals surface area contributed by atoms with Gasteiger partial charge in [0.1, 0.15) is 5.78 Å². The Bertz CT molecular complexity index is 306. The van der Waals surface area contributed by atoms with Crippen LogP contribution in [-0.4, -0.2) is 5.78 Å². The lowest BCUT2D eigenvalue weighted by Crippen LogP contribution is -1.81. The zero-order valence-corrected chi connectivity index (χ0v) is 6.64. The molecule has 2 heteroatoms. The molecule has 0 bridgehead atoms. The highest BCUT2D eigenvalue weighted by Crippen LogP contribution is 2.39. The first kappa shape index (κ1) is 6.86. The Kier molecular flexibility index (Phi) is 1.46. The van der Waals surface area contributed by atoms with Crippen LogP contribution in [0.3, 0.4) is 0 Å². The fourth-order valence-electron chi connectivity index (χ4n) is 1.18. The van der Waals surface area contributed by atoms with Gasteiger partial charge in [0.2, 0.25) is 0 Å². The average Bonchev–Trinajstić information content (AvgIpc) is 2.68. The first-order valence-corrected chi connectivity index (χ1v) is 3.94. The van der Waals surface area contributed by atoms with E-state index < -0.39 is 0 Å². The van der Waals surface area contributed by atoms with Crippen molar-refractivity contribution in [2.45, 2.75) is 12.3 Å². The van der Waals surface area contributed by atoms with Crippen LogP contribution in [0.2, 0.25) is 5.02 Å². The number of carbonyl (C=O) groups is 1. The Hall–Kier alpha value is -0.820. The van der Waals surface area contributed by atoms with Crippen LogP contribution in [-0.2, 0) is 4.79 Å². The first-order valence-electron chi connectivity index (χ1n) is 3.56. The summed E-state index contributed by atoms with van der Waals surface area (Å²) in [4.78, 5) is 10.8. The molecule has 11 heavy (non-hydrogen) atoms. The molecule has 1 fully saturated rings. The van der Waals surface area contributed by atoms with Crippen LogP contribution >= 0.6 is 11.6 Å². The third-order valence-corrected chi connectivity index (χ3v) is 2.26. The zero-order chi connectivity index (χ0) is 7.84. The van der Waals surface area contributed by atoms with Crippen molar-refractivity contribution in [1.82, 2.24) is 0 Å². The third kappa shape index (κ3) is 1.16. The SMILES string of the molecule is O=C1CC1c1ccccc1Cl. The molecule has 0 aliphatic heterocycles. The molecule has 0 heterocycles. The summed E-state index contributed by atoms with van der Waals surface area (Å²) in [6.07, 6.45) is 0.670. The van der Waals surface area contributed by atoms with E-state index in [4.69, 9.17) is 11.6 Å². The molecule has 0 N–H and O–H groups in total. The number of hydrogen-bond donors (Lipinski definition) is 0. The molecule has 0 amide bonds. The van der Waals surface area contributed by atoms with Crippen molar-refractivity contribution in [1.29, 1.82) is 0 Å². The van der Waals surface area contributed by atoms with E-state index in [0.29, 0.717) is 17.2 Å². The minimum absolute atomic E-state index is 0.101. The number of rotatable bonds is 1. The quantitative estimate of drug-likeness (QED) is 0.626. The molecule has 1 unspecified atom stereocenters. The second-order valence-corrected chi connectivity index (χ2v) is 3.15. The second kappa shape index (κ2) is 2.35. The average molecular weight is 167 g/mol. The van der Waals surface area contributed by atoms with Gasteiger partial charge in [0.25, 0.3) is 0 Å². The summed E-state index contributed by atoms with van der Waals surface area (Å²) in [7, 11) is 0. The van der Waals surface area contributed by atoms with Gasteiger partial charge in [-0.1, -0.05) is 29.8 Å². The summed E-state index contributed by atoms with van der Waals surface area (Å²) in [5, 5.41) is 0.711. The fraction of sp³-hybridized carbons (Fsp3) is 0.222. The Morgan fingerprint density at radius 3 is 2.55 bits per heavy atom. The summed E-state index contributed by atoms with van der Waals surface area (Å²) in [6.45, 7) is 0. The predicted octanol–water partition coefficient (Wildman–Crippen LogP) is 2.40. The van der Waals surface area contributed by atoms with Crippen LogP contribution in [0.25, 0.3) is 0 Å². The van der Waals surface area contributed by atoms with E-state index in [0.717, 1.165) is 5.56 Å². The van der Waals surface area contributed by atoms with E-state index in [1.807, 2.05) is 24.3 Å². The molecule has 1 aromatic rings. The maximum Gasteiger partial charge on any atom is 0.141 e. The Morgan fingerprint density at radius 2 is 2.00 bits per heavy atom. The van der Waals surface area contributed by atoms with Crippen LogP contribution in [0, 0.1) is 0 Å². The van der Waals surface area contributed by atoms with E-state index in [1.54, 1.807) is 0 Å². The van der Waals surface area contributed by atoms with E-state index >= 15 is 0 Å². The van der Waals surface area contributed by atoms with E-state index in [2.05, 4.69) is 0 Å². The lowest BCUT2D eigenvalue weighted by atomic mass is 10.1. The van der Waals surface area contributed by atoms with Gasteiger partial charge in [-0.3, -0.25) is 4.79 Å². The minimum atomic E-state index is 0.101. The van der Waals surface area contributed by atoms with Gasteiger partial charge >= 0.3 is 0 Å². The topological polar surface area (TPSA) is 17.1 Å². The molecule has 0 aromatic heterocycles. The van der Waals surface area contributed by atoms with Crippen LogP contribution in [0.5, 0.6) is 0 Å². The number of Topliss-reactive ketones (excluding diaryl/α,β-unsaturated/α-hetero) is 1. The van der Waals surface area contributed by atoms with Gasteiger partial charge in [0.05, 0.1) is 5.92 Å². The highest BCUT2D eigenvalue weighted by Gasteiger charge is 2.37. The molecular formula is C9H7ClO. The largest absolute Gasteiger partial charge is 0.299 e. The van der Waals surface area contributed by atoms with Crippen molar-refractivity contribution in [3.05, 3.63) is 34.9 Å². The van der Waals surface area contributed by atoms with E-state index in [9.17, 15) is 4.79 Å². The number of hydrogen-bond acceptors (Lipinski definition) is 1. The summed E-state index contributed by atoms with van der Waals surface area (Å²) < 4.78 is 0. The highest BCUT2D eigenvalue weighted by atomic mass is 35.5. The Labute approximate surface area is 70.0 Å². The van der Waals surface area contributed by atoms with Crippen LogP contribution in [0.4, 0.5) is 0 Å². The molecule has 1 saturated carbocycles. The van der Waals surface area contributed by atoms with Gasteiger partial charge in [0.15, 0.2) is 0 Å². The fourth-order valence-corrected chi connectivity index (χ4v) is 1.45. The van der Waals surface area contributed by atoms with Crippen LogP contribution < -0.4 is 0 Å². The van der Waals surface area contributed by atoms with Crippen LogP contribution in [0.1, 0.15) is 17.9 Å². The summed E-state index contributed by atoms with van der Waals surface area (Å²) in [5.74, 6) is 0.404. The van der Waals surface area contributed by atoms with Crippen molar-refractivity contribution in [3.8, 4) is 0 Å². The summed E-state index contributed by atoms with van der Waals surface area (Å²) in [6, 6.07) is 7.52. The van der Waals surface area contributed by atoms with E-state index in [-0.39, 0.29) is 5.92 Å². The van der Waals surface area contributed by atoms with Gasteiger partial charge in [-0.05, 0) is 11.6 Å². The highest BCUT2D eigenvalue weighted by molar-refractivity contribution is 6.32. The molecular weight excluding hydrogens is 160 g/mol. The second-order valence-electron chi connectivity index (χ2n) is 2.74. The molecule has 0 radical (unpaired) electrons. The molecule has 1 aliphatic rings. The Balaban J connectivity index is 2.38. The summed E-state index contributed by atoms with van der Waals surface area (Å²) >= 11 is 5.87. The van der Waals surface area contributed by atoms with Gasteiger partial charge in [-0.25, -0.2) is 0 Å². The van der Waals surface area contributed by atoms with Crippen LogP contribution in [0.15, 0.2) is 24.3 Å². The standard InChI is InChI=1S/C9H7ClO/c10-8-4-2-1-3-6(8)7-5-9(7)11/h1-4,7H,5H2. The van der Waals surface area contributed by atoms with Gasteiger partial charge < -0.3 is 0 Å². The van der Waals surface area contributed by atoms with E-state index in [1.165, 1.54) is 0 Å². The van der Waals surface area contributed by atoms with Gasteiger partial charge in [-0.2, -0.15) is 0 Å².